The molecule has 0 amide bonds. The summed E-state index contributed by atoms with van der Waals surface area (Å²) >= 11 is 9.39. The first kappa shape index (κ1) is 13.4. The predicted molar refractivity (Wildman–Crippen MR) is 85.5 cm³/mol. The molecular weight excluding hydrogens is 338 g/mol. The van der Waals surface area contributed by atoms with Gasteiger partial charge in [-0.3, -0.25) is 4.98 Å². The molecule has 0 aliphatic carbocycles. The maximum absolute atomic E-state index is 6.02. The molecule has 0 saturated carbocycles. The van der Waals surface area contributed by atoms with Gasteiger partial charge in [-0.05, 0) is 40.2 Å². The van der Waals surface area contributed by atoms with Crippen molar-refractivity contribution < 1.29 is 4.74 Å². The maximum Gasteiger partial charge on any atom is 0.141 e. The van der Waals surface area contributed by atoms with Crippen LogP contribution in [0.1, 0.15) is 5.69 Å². The van der Waals surface area contributed by atoms with Crippen LogP contribution in [0.4, 0.5) is 0 Å². The summed E-state index contributed by atoms with van der Waals surface area (Å²) in [5.41, 5.74) is 1.68. The van der Waals surface area contributed by atoms with Gasteiger partial charge in [0.15, 0.2) is 0 Å². The highest BCUT2D eigenvalue weighted by Gasteiger charge is 2.09. The molecule has 1 heterocycles. The summed E-state index contributed by atoms with van der Waals surface area (Å²) < 4.78 is 6.93. The van der Waals surface area contributed by atoms with Crippen molar-refractivity contribution in [3.8, 4) is 11.5 Å². The van der Waals surface area contributed by atoms with Gasteiger partial charge >= 0.3 is 0 Å². The monoisotopic (exact) mass is 347 g/mol. The summed E-state index contributed by atoms with van der Waals surface area (Å²) in [7, 11) is 0. The Bertz CT molecular complexity index is 760. The highest BCUT2D eigenvalue weighted by atomic mass is 79.9. The van der Waals surface area contributed by atoms with E-state index >= 15 is 0 Å². The topological polar surface area (TPSA) is 22.1 Å². The minimum atomic E-state index is 0.358. The van der Waals surface area contributed by atoms with E-state index in [9.17, 15) is 0 Å². The molecule has 0 aliphatic rings. The molecule has 0 unspecified atom stereocenters. The van der Waals surface area contributed by atoms with Crippen molar-refractivity contribution in [3.05, 3.63) is 64.8 Å². The summed E-state index contributed by atoms with van der Waals surface area (Å²) in [6.45, 7) is 0. The van der Waals surface area contributed by atoms with E-state index in [-0.39, 0.29) is 0 Å². The lowest BCUT2D eigenvalue weighted by Gasteiger charge is -2.11. The smallest absolute Gasteiger partial charge is 0.141 e. The number of rotatable bonds is 3. The van der Waals surface area contributed by atoms with Gasteiger partial charge < -0.3 is 4.74 Å². The number of halogens is 2. The minimum Gasteiger partial charge on any atom is -0.455 e. The molecule has 0 spiro atoms. The lowest BCUT2D eigenvalue weighted by atomic mass is 10.2. The summed E-state index contributed by atoms with van der Waals surface area (Å²) in [5.74, 6) is 1.89. The number of fused-ring (bicyclic) bond motifs is 1. The first-order chi connectivity index (χ1) is 9.78. The third-order valence-electron chi connectivity index (χ3n) is 2.92. The van der Waals surface area contributed by atoms with Gasteiger partial charge in [0.05, 0.1) is 21.6 Å². The fourth-order valence-corrected chi connectivity index (χ4v) is 2.50. The Morgan fingerprint density at radius 2 is 1.75 bits per heavy atom. The van der Waals surface area contributed by atoms with E-state index in [1.165, 1.54) is 0 Å². The lowest BCUT2D eigenvalue weighted by molar-refractivity contribution is 0.484. The van der Waals surface area contributed by atoms with Crippen LogP contribution < -0.4 is 4.74 Å². The first-order valence-corrected chi connectivity index (χ1v) is 7.47. The second-order valence-electron chi connectivity index (χ2n) is 4.29. The number of pyridine rings is 1. The van der Waals surface area contributed by atoms with Crippen LogP contribution in [0.25, 0.3) is 10.9 Å². The number of hydrogen-bond acceptors (Lipinski definition) is 2. The molecule has 0 radical (unpaired) electrons. The number of para-hydroxylation sites is 2. The van der Waals surface area contributed by atoms with Crippen molar-refractivity contribution in [1.82, 2.24) is 4.98 Å². The van der Waals surface area contributed by atoms with Crippen LogP contribution in [0.3, 0.4) is 0 Å². The molecule has 0 aliphatic heterocycles. The van der Waals surface area contributed by atoms with Gasteiger partial charge in [0, 0.05) is 11.5 Å². The van der Waals surface area contributed by atoms with Crippen LogP contribution in [0.15, 0.2) is 59.1 Å². The molecular formula is C16H11BrClNO. The summed E-state index contributed by atoms with van der Waals surface area (Å²) in [4.78, 5) is 4.49. The molecule has 0 fully saturated rings. The molecule has 0 atom stereocenters. The van der Waals surface area contributed by atoms with Crippen molar-refractivity contribution in [1.29, 1.82) is 0 Å². The maximum atomic E-state index is 6.02. The van der Waals surface area contributed by atoms with Crippen molar-refractivity contribution in [2.24, 2.45) is 0 Å². The molecule has 1 aromatic heterocycles. The normalized spacial score (nSPS) is 10.7. The minimum absolute atomic E-state index is 0.358. The molecule has 3 rings (SSSR count). The summed E-state index contributed by atoms with van der Waals surface area (Å²) in [6.07, 6.45) is 0. The van der Waals surface area contributed by atoms with E-state index in [2.05, 4.69) is 20.9 Å². The fraction of sp³-hybridized carbons (Fsp3) is 0.0625. The van der Waals surface area contributed by atoms with E-state index in [1.54, 1.807) is 0 Å². The molecule has 3 aromatic rings. The van der Waals surface area contributed by atoms with Gasteiger partial charge in [-0.25, -0.2) is 0 Å². The molecule has 2 aromatic carbocycles. The molecule has 0 N–H and O–H groups in total. The van der Waals surface area contributed by atoms with Gasteiger partial charge in [0.1, 0.15) is 11.5 Å². The van der Waals surface area contributed by atoms with Crippen LogP contribution in [0, 0.1) is 0 Å². The van der Waals surface area contributed by atoms with Crippen LogP contribution >= 0.6 is 27.5 Å². The van der Waals surface area contributed by atoms with Crippen LogP contribution in [-0.2, 0) is 5.88 Å². The number of aromatic nitrogens is 1. The van der Waals surface area contributed by atoms with Crippen LogP contribution in [0.5, 0.6) is 11.5 Å². The number of nitrogens with zero attached hydrogens (tertiary/aromatic N) is 1. The van der Waals surface area contributed by atoms with E-state index < -0.39 is 0 Å². The highest BCUT2D eigenvalue weighted by molar-refractivity contribution is 9.10. The zero-order valence-electron chi connectivity index (χ0n) is 10.5. The molecule has 2 nitrogen and oxygen atoms in total. The second kappa shape index (κ2) is 5.81. The Labute approximate surface area is 130 Å². The van der Waals surface area contributed by atoms with Crippen molar-refractivity contribution in [2.75, 3.05) is 0 Å². The van der Waals surface area contributed by atoms with Gasteiger partial charge in [0.2, 0.25) is 0 Å². The largest absolute Gasteiger partial charge is 0.455 e. The number of benzene rings is 2. The average Bonchev–Trinajstić information content (AvgIpc) is 2.49. The van der Waals surface area contributed by atoms with Crippen molar-refractivity contribution >= 4 is 38.4 Å². The predicted octanol–water partition coefficient (Wildman–Crippen LogP) is 5.53. The average molecular weight is 349 g/mol. The SMILES string of the molecule is ClCc1cc(Oc2ccccc2Br)c2ccccc2n1. The summed E-state index contributed by atoms with van der Waals surface area (Å²) in [5, 5.41) is 0.970. The van der Waals surface area contributed by atoms with Gasteiger partial charge in [-0.15, -0.1) is 11.6 Å². The van der Waals surface area contributed by atoms with E-state index in [1.807, 2.05) is 54.6 Å². The summed E-state index contributed by atoms with van der Waals surface area (Å²) in [6, 6.07) is 17.5. The van der Waals surface area contributed by atoms with Gasteiger partial charge in [-0.1, -0.05) is 24.3 Å². The van der Waals surface area contributed by atoms with E-state index in [4.69, 9.17) is 16.3 Å². The fourth-order valence-electron chi connectivity index (χ4n) is 1.99. The molecule has 0 bridgehead atoms. The quantitative estimate of drug-likeness (QED) is 0.581. The number of hydrogen-bond donors (Lipinski definition) is 0. The van der Waals surface area contributed by atoms with Gasteiger partial charge in [-0.2, -0.15) is 0 Å². The zero-order valence-corrected chi connectivity index (χ0v) is 12.9. The zero-order chi connectivity index (χ0) is 13.9. The van der Waals surface area contributed by atoms with Crippen LogP contribution in [-0.4, -0.2) is 4.98 Å². The number of alkyl halides is 1. The third-order valence-corrected chi connectivity index (χ3v) is 3.85. The molecule has 0 saturated heterocycles. The second-order valence-corrected chi connectivity index (χ2v) is 5.42. The standard InChI is InChI=1S/C16H11BrClNO/c17-13-6-2-4-8-15(13)20-16-9-11(10-18)19-14-7-3-1-5-12(14)16/h1-9H,10H2. The molecule has 4 heteroatoms. The van der Waals surface area contributed by atoms with Crippen molar-refractivity contribution in [3.63, 3.8) is 0 Å². The first-order valence-electron chi connectivity index (χ1n) is 6.15. The number of ether oxygens (including phenoxy) is 1. The van der Waals surface area contributed by atoms with Gasteiger partial charge in [0.25, 0.3) is 0 Å². The van der Waals surface area contributed by atoms with Crippen molar-refractivity contribution in [2.45, 2.75) is 5.88 Å². The third kappa shape index (κ3) is 2.65. The molecule has 20 heavy (non-hydrogen) atoms. The molecule has 100 valence electrons. The van der Waals surface area contributed by atoms with E-state index in [0.717, 1.165) is 32.6 Å². The Morgan fingerprint density at radius 1 is 1.00 bits per heavy atom. The Balaban J connectivity index is 2.13. The Kier molecular flexibility index (Phi) is 3.90. The van der Waals surface area contributed by atoms with Crippen LogP contribution in [0.2, 0.25) is 0 Å². The lowest BCUT2D eigenvalue weighted by Crippen LogP contribution is -1.92. The Morgan fingerprint density at radius 3 is 2.55 bits per heavy atom. The Hall–Kier alpha value is -1.58. The highest BCUT2D eigenvalue weighted by Crippen LogP contribution is 2.33. The van der Waals surface area contributed by atoms with E-state index in [0.29, 0.717) is 5.88 Å².